The molecule has 0 radical (unpaired) electrons. The van der Waals surface area contributed by atoms with Crippen LogP contribution < -0.4 is 5.56 Å². The number of nitrogens with zero attached hydrogens (tertiary/aromatic N) is 1. The van der Waals surface area contributed by atoms with E-state index in [-0.39, 0.29) is 5.56 Å². The maximum absolute atomic E-state index is 11.7. The molecule has 0 fully saturated rings. The molecule has 0 aromatic carbocycles. The Hall–Kier alpha value is -2.10. The lowest BCUT2D eigenvalue weighted by atomic mass is 10.2. The second-order valence-corrected chi connectivity index (χ2v) is 3.60. The summed E-state index contributed by atoms with van der Waals surface area (Å²) in [6.45, 7) is 1.96. The molecule has 0 aliphatic rings. The lowest BCUT2D eigenvalue weighted by Gasteiger charge is -1.93. The smallest absolute Gasteiger partial charge is 0.258 e. The van der Waals surface area contributed by atoms with Gasteiger partial charge in [-0.25, -0.2) is 0 Å². The van der Waals surface area contributed by atoms with Gasteiger partial charge in [0.05, 0.1) is 10.9 Å². The molecule has 0 saturated carbocycles. The number of pyridine rings is 2. The van der Waals surface area contributed by atoms with Crippen molar-refractivity contribution >= 4 is 21.8 Å². The fourth-order valence-electron chi connectivity index (χ4n) is 1.88. The SMILES string of the molecule is Cc1c[nH]c(=O)c2c1[nH]c1ccncc12. The number of fused-ring (bicyclic) bond motifs is 3. The molecule has 0 spiro atoms. The molecule has 15 heavy (non-hydrogen) atoms. The molecule has 0 amide bonds. The summed E-state index contributed by atoms with van der Waals surface area (Å²) in [5.74, 6) is 0. The summed E-state index contributed by atoms with van der Waals surface area (Å²) in [5, 5.41) is 1.57. The maximum atomic E-state index is 11.7. The third-order valence-corrected chi connectivity index (χ3v) is 2.64. The number of aromatic nitrogens is 3. The first-order valence-electron chi connectivity index (χ1n) is 4.71. The van der Waals surface area contributed by atoms with Gasteiger partial charge in [0, 0.05) is 29.5 Å². The van der Waals surface area contributed by atoms with Crippen LogP contribution in [0, 0.1) is 6.92 Å². The molecule has 4 nitrogen and oxygen atoms in total. The van der Waals surface area contributed by atoms with Gasteiger partial charge in [0.1, 0.15) is 0 Å². The van der Waals surface area contributed by atoms with E-state index in [1.807, 2.05) is 13.0 Å². The quantitative estimate of drug-likeness (QED) is 0.579. The lowest BCUT2D eigenvalue weighted by molar-refractivity contribution is 1.24. The van der Waals surface area contributed by atoms with Crippen molar-refractivity contribution in [2.24, 2.45) is 0 Å². The van der Waals surface area contributed by atoms with E-state index in [1.165, 1.54) is 0 Å². The van der Waals surface area contributed by atoms with E-state index in [2.05, 4.69) is 15.0 Å². The average Bonchev–Trinajstić information content (AvgIpc) is 2.64. The minimum Gasteiger partial charge on any atom is -0.354 e. The van der Waals surface area contributed by atoms with Crippen LogP contribution in [0.5, 0.6) is 0 Å². The molecule has 0 aliphatic carbocycles. The summed E-state index contributed by atoms with van der Waals surface area (Å²) in [6.07, 6.45) is 5.14. The van der Waals surface area contributed by atoms with Crippen LogP contribution in [0.15, 0.2) is 29.5 Å². The minimum atomic E-state index is -0.0742. The molecule has 0 saturated heterocycles. The van der Waals surface area contributed by atoms with Crippen molar-refractivity contribution in [3.05, 3.63) is 40.6 Å². The van der Waals surface area contributed by atoms with Crippen LogP contribution in [-0.2, 0) is 0 Å². The number of H-pyrrole nitrogens is 2. The number of aromatic amines is 2. The second-order valence-electron chi connectivity index (χ2n) is 3.60. The van der Waals surface area contributed by atoms with Crippen molar-refractivity contribution in [2.45, 2.75) is 6.92 Å². The highest BCUT2D eigenvalue weighted by molar-refractivity contribution is 6.07. The van der Waals surface area contributed by atoms with Gasteiger partial charge in [0.15, 0.2) is 0 Å². The zero-order valence-electron chi connectivity index (χ0n) is 8.16. The van der Waals surface area contributed by atoms with Crippen LogP contribution in [-0.4, -0.2) is 15.0 Å². The fraction of sp³-hybridized carbons (Fsp3) is 0.0909. The Kier molecular flexibility index (Phi) is 1.48. The van der Waals surface area contributed by atoms with Gasteiger partial charge in [0.25, 0.3) is 5.56 Å². The predicted molar refractivity (Wildman–Crippen MR) is 59.0 cm³/mol. The van der Waals surface area contributed by atoms with E-state index in [0.717, 1.165) is 22.0 Å². The monoisotopic (exact) mass is 199 g/mol. The van der Waals surface area contributed by atoms with Crippen LogP contribution in [0.3, 0.4) is 0 Å². The van der Waals surface area contributed by atoms with Gasteiger partial charge in [-0.3, -0.25) is 9.78 Å². The van der Waals surface area contributed by atoms with Gasteiger partial charge < -0.3 is 9.97 Å². The molecule has 0 unspecified atom stereocenters. The molecule has 3 rings (SSSR count). The van der Waals surface area contributed by atoms with E-state index >= 15 is 0 Å². The Morgan fingerprint density at radius 2 is 2.27 bits per heavy atom. The summed E-state index contributed by atoms with van der Waals surface area (Å²) in [7, 11) is 0. The summed E-state index contributed by atoms with van der Waals surface area (Å²) in [6, 6.07) is 1.87. The van der Waals surface area contributed by atoms with Gasteiger partial charge >= 0.3 is 0 Å². The van der Waals surface area contributed by atoms with Crippen LogP contribution in [0.2, 0.25) is 0 Å². The molecular weight excluding hydrogens is 190 g/mol. The van der Waals surface area contributed by atoms with Gasteiger partial charge in [-0.15, -0.1) is 0 Å². The van der Waals surface area contributed by atoms with Crippen LogP contribution in [0.1, 0.15) is 5.56 Å². The maximum Gasteiger partial charge on any atom is 0.258 e. The summed E-state index contributed by atoms with van der Waals surface area (Å²) >= 11 is 0. The Morgan fingerprint density at radius 3 is 3.13 bits per heavy atom. The number of aryl methyl sites for hydroxylation is 1. The molecule has 3 aromatic heterocycles. The predicted octanol–water partition coefficient (Wildman–Crippen LogP) is 1.71. The first kappa shape index (κ1) is 8.23. The van der Waals surface area contributed by atoms with E-state index in [4.69, 9.17) is 0 Å². The highest BCUT2D eigenvalue weighted by Gasteiger charge is 2.08. The summed E-state index contributed by atoms with van der Waals surface area (Å²) in [5.41, 5.74) is 2.79. The molecule has 3 heterocycles. The largest absolute Gasteiger partial charge is 0.354 e. The fourth-order valence-corrected chi connectivity index (χ4v) is 1.88. The highest BCUT2D eigenvalue weighted by Crippen LogP contribution is 2.22. The van der Waals surface area contributed by atoms with Gasteiger partial charge in [-0.2, -0.15) is 0 Å². The highest BCUT2D eigenvalue weighted by atomic mass is 16.1. The zero-order valence-corrected chi connectivity index (χ0v) is 8.16. The molecule has 4 heteroatoms. The number of nitrogens with one attached hydrogen (secondary N) is 2. The third-order valence-electron chi connectivity index (χ3n) is 2.64. The number of hydrogen-bond donors (Lipinski definition) is 2. The molecule has 0 atom stereocenters. The topological polar surface area (TPSA) is 61.5 Å². The molecule has 0 bridgehead atoms. The minimum absolute atomic E-state index is 0.0742. The molecule has 74 valence electrons. The van der Waals surface area contributed by atoms with Crippen LogP contribution >= 0.6 is 0 Å². The van der Waals surface area contributed by atoms with Crippen molar-refractivity contribution in [1.29, 1.82) is 0 Å². The normalized spacial score (nSPS) is 11.3. The van der Waals surface area contributed by atoms with E-state index in [0.29, 0.717) is 5.39 Å². The van der Waals surface area contributed by atoms with Gasteiger partial charge in [0.2, 0.25) is 0 Å². The number of rotatable bonds is 0. The molecule has 2 N–H and O–H groups in total. The Balaban J connectivity index is 2.72. The zero-order chi connectivity index (χ0) is 10.4. The van der Waals surface area contributed by atoms with Crippen molar-refractivity contribution in [2.75, 3.05) is 0 Å². The first-order chi connectivity index (χ1) is 7.27. The van der Waals surface area contributed by atoms with Crippen LogP contribution in [0.25, 0.3) is 21.8 Å². The van der Waals surface area contributed by atoms with E-state index in [1.54, 1.807) is 18.6 Å². The second kappa shape index (κ2) is 2.70. The summed E-state index contributed by atoms with van der Waals surface area (Å²) < 4.78 is 0. The average molecular weight is 199 g/mol. The van der Waals surface area contributed by atoms with Gasteiger partial charge in [-0.05, 0) is 18.6 Å². The van der Waals surface area contributed by atoms with Crippen molar-refractivity contribution < 1.29 is 0 Å². The first-order valence-corrected chi connectivity index (χ1v) is 4.71. The third kappa shape index (κ3) is 1.01. The Labute approximate surface area is 85.0 Å². The van der Waals surface area contributed by atoms with E-state index < -0.39 is 0 Å². The lowest BCUT2D eigenvalue weighted by Crippen LogP contribution is -2.04. The Morgan fingerprint density at radius 1 is 1.40 bits per heavy atom. The molecular formula is C11H9N3O. The molecule has 3 aromatic rings. The van der Waals surface area contributed by atoms with Gasteiger partial charge in [-0.1, -0.05) is 0 Å². The number of hydrogen-bond acceptors (Lipinski definition) is 2. The van der Waals surface area contributed by atoms with Crippen molar-refractivity contribution in [3.8, 4) is 0 Å². The standard InChI is InChI=1S/C11H9N3O/c1-6-4-13-11(15)9-7-5-12-3-2-8(7)14-10(6)9/h2-5,14H,1H3,(H,13,15). The Bertz CT molecular complexity index is 708. The van der Waals surface area contributed by atoms with Crippen molar-refractivity contribution in [3.63, 3.8) is 0 Å². The van der Waals surface area contributed by atoms with Crippen LogP contribution in [0.4, 0.5) is 0 Å². The van der Waals surface area contributed by atoms with E-state index in [9.17, 15) is 4.79 Å². The summed E-state index contributed by atoms with van der Waals surface area (Å²) in [4.78, 5) is 21.7. The molecule has 0 aliphatic heterocycles. The van der Waals surface area contributed by atoms with Crippen molar-refractivity contribution in [1.82, 2.24) is 15.0 Å².